The number of nitrogens with one attached hydrogen (secondary N) is 1. The molecule has 2 heterocycles. The van der Waals surface area contributed by atoms with Gasteiger partial charge in [0.1, 0.15) is 11.6 Å². The Balaban J connectivity index is 1.59. The molecule has 1 aliphatic heterocycles. The fraction of sp³-hybridized carbons (Fsp3) is 0.333. The van der Waals surface area contributed by atoms with E-state index in [0.29, 0.717) is 6.54 Å². The number of benzene rings is 1. The van der Waals surface area contributed by atoms with E-state index in [0.717, 1.165) is 18.4 Å². The van der Waals surface area contributed by atoms with Gasteiger partial charge in [0.15, 0.2) is 0 Å². The Kier molecular flexibility index (Phi) is 5.03. The SMILES string of the molecule is O=C(NCCc1c(F)cccc1F)N1CCC[C@@H]1c1ccncc1. The number of rotatable bonds is 4. The molecule has 3 rings (SSSR count). The van der Waals surface area contributed by atoms with Crippen LogP contribution in [0.3, 0.4) is 0 Å². The summed E-state index contributed by atoms with van der Waals surface area (Å²) < 4.78 is 27.2. The molecule has 1 saturated heterocycles. The predicted molar refractivity (Wildman–Crippen MR) is 86.4 cm³/mol. The molecule has 1 fully saturated rings. The lowest BCUT2D eigenvalue weighted by Gasteiger charge is -2.25. The second kappa shape index (κ2) is 7.38. The first-order chi connectivity index (χ1) is 11.7. The molecule has 2 amide bonds. The van der Waals surface area contributed by atoms with Gasteiger partial charge in [0.2, 0.25) is 0 Å². The van der Waals surface area contributed by atoms with Crippen molar-refractivity contribution in [3.8, 4) is 0 Å². The first kappa shape index (κ1) is 16.4. The molecule has 0 unspecified atom stereocenters. The molecule has 1 aromatic heterocycles. The number of hydrogen-bond donors (Lipinski definition) is 1. The molecule has 126 valence electrons. The molecule has 0 radical (unpaired) electrons. The largest absolute Gasteiger partial charge is 0.338 e. The number of halogens is 2. The fourth-order valence-corrected chi connectivity index (χ4v) is 3.11. The predicted octanol–water partition coefficient (Wildman–Crippen LogP) is 3.45. The second-order valence-electron chi connectivity index (χ2n) is 5.81. The van der Waals surface area contributed by atoms with Crippen molar-refractivity contribution in [2.75, 3.05) is 13.1 Å². The summed E-state index contributed by atoms with van der Waals surface area (Å²) in [6.45, 7) is 0.864. The number of pyridine rings is 1. The van der Waals surface area contributed by atoms with Gasteiger partial charge in [-0.2, -0.15) is 0 Å². The maximum atomic E-state index is 13.6. The third-order valence-corrected chi connectivity index (χ3v) is 4.32. The maximum Gasteiger partial charge on any atom is 0.317 e. The zero-order valence-corrected chi connectivity index (χ0v) is 13.2. The second-order valence-corrected chi connectivity index (χ2v) is 5.81. The lowest BCUT2D eigenvalue weighted by Crippen LogP contribution is -2.40. The third kappa shape index (κ3) is 3.53. The summed E-state index contributed by atoms with van der Waals surface area (Å²) in [6, 6.07) is 7.41. The van der Waals surface area contributed by atoms with Gasteiger partial charge < -0.3 is 10.2 Å². The lowest BCUT2D eigenvalue weighted by atomic mass is 10.1. The van der Waals surface area contributed by atoms with E-state index in [4.69, 9.17) is 0 Å². The van der Waals surface area contributed by atoms with Crippen molar-refractivity contribution >= 4 is 6.03 Å². The quantitative estimate of drug-likeness (QED) is 0.933. The van der Waals surface area contributed by atoms with Crippen LogP contribution in [-0.2, 0) is 6.42 Å². The van der Waals surface area contributed by atoms with Crippen LogP contribution < -0.4 is 5.32 Å². The number of urea groups is 1. The highest BCUT2D eigenvalue weighted by Crippen LogP contribution is 2.31. The highest BCUT2D eigenvalue weighted by atomic mass is 19.1. The van der Waals surface area contributed by atoms with Crippen molar-refractivity contribution in [1.82, 2.24) is 15.2 Å². The highest BCUT2D eigenvalue weighted by molar-refractivity contribution is 5.75. The van der Waals surface area contributed by atoms with E-state index in [1.54, 1.807) is 17.3 Å². The van der Waals surface area contributed by atoms with Crippen LogP contribution >= 0.6 is 0 Å². The van der Waals surface area contributed by atoms with Crippen LogP contribution in [0.15, 0.2) is 42.7 Å². The molecule has 2 aromatic rings. The van der Waals surface area contributed by atoms with Crippen LogP contribution in [0.5, 0.6) is 0 Å². The van der Waals surface area contributed by atoms with E-state index in [1.165, 1.54) is 18.2 Å². The highest BCUT2D eigenvalue weighted by Gasteiger charge is 2.29. The molecule has 0 bridgehead atoms. The average Bonchev–Trinajstić information content (AvgIpc) is 3.08. The van der Waals surface area contributed by atoms with Gasteiger partial charge in [0, 0.05) is 31.0 Å². The van der Waals surface area contributed by atoms with Crippen molar-refractivity contribution in [3.63, 3.8) is 0 Å². The van der Waals surface area contributed by atoms with Gasteiger partial charge in [-0.25, -0.2) is 13.6 Å². The van der Waals surface area contributed by atoms with E-state index >= 15 is 0 Å². The Morgan fingerprint density at radius 2 is 1.92 bits per heavy atom. The number of hydrogen-bond acceptors (Lipinski definition) is 2. The molecule has 1 N–H and O–H groups in total. The van der Waals surface area contributed by atoms with Crippen LogP contribution in [0.2, 0.25) is 0 Å². The summed E-state index contributed by atoms with van der Waals surface area (Å²) in [5.74, 6) is -1.17. The van der Waals surface area contributed by atoms with Gasteiger partial charge in [0.25, 0.3) is 0 Å². The van der Waals surface area contributed by atoms with Crippen LogP contribution in [0.4, 0.5) is 13.6 Å². The minimum Gasteiger partial charge on any atom is -0.338 e. The lowest BCUT2D eigenvalue weighted by molar-refractivity contribution is 0.193. The van der Waals surface area contributed by atoms with Gasteiger partial charge in [-0.3, -0.25) is 4.98 Å². The molecule has 4 nitrogen and oxygen atoms in total. The summed E-state index contributed by atoms with van der Waals surface area (Å²) >= 11 is 0. The van der Waals surface area contributed by atoms with E-state index < -0.39 is 11.6 Å². The number of likely N-dealkylation sites (tertiary alicyclic amines) is 1. The van der Waals surface area contributed by atoms with Gasteiger partial charge in [-0.05, 0) is 49.1 Å². The van der Waals surface area contributed by atoms with Crippen LogP contribution in [0.1, 0.15) is 30.0 Å². The molecule has 1 atom stereocenters. The average molecular weight is 331 g/mol. The molecular weight excluding hydrogens is 312 g/mol. The molecule has 1 aliphatic rings. The molecule has 6 heteroatoms. The fourth-order valence-electron chi connectivity index (χ4n) is 3.11. The normalized spacial score (nSPS) is 17.1. The number of amides is 2. The Labute approximate surface area is 139 Å². The first-order valence-corrected chi connectivity index (χ1v) is 8.04. The smallest absolute Gasteiger partial charge is 0.317 e. The topological polar surface area (TPSA) is 45.2 Å². The summed E-state index contributed by atoms with van der Waals surface area (Å²) in [6.07, 6.45) is 5.38. The zero-order chi connectivity index (χ0) is 16.9. The minimum atomic E-state index is -0.583. The van der Waals surface area contributed by atoms with E-state index in [2.05, 4.69) is 10.3 Å². The van der Waals surface area contributed by atoms with E-state index in [-0.39, 0.29) is 30.6 Å². The maximum absolute atomic E-state index is 13.6. The number of carbonyl (C=O) groups excluding carboxylic acids is 1. The number of nitrogens with zero attached hydrogens (tertiary/aromatic N) is 2. The molecule has 0 spiro atoms. The van der Waals surface area contributed by atoms with Crippen molar-refractivity contribution in [2.24, 2.45) is 0 Å². The van der Waals surface area contributed by atoms with Crippen molar-refractivity contribution in [2.45, 2.75) is 25.3 Å². The molecule has 0 aliphatic carbocycles. The third-order valence-electron chi connectivity index (χ3n) is 4.32. The van der Waals surface area contributed by atoms with E-state index in [1.807, 2.05) is 12.1 Å². The van der Waals surface area contributed by atoms with Crippen LogP contribution in [-0.4, -0.2) is 29.0 Å². The number of carbonyl (C=O) groups is 1. The van der Waals surface area contributed by atoms with Crippen molar-refractivity contribution in [1.29, 1.82) is 0 Å². The number of aromatic nitrogens is 1. The van der Waals surface area contributed by atoms with Crippen molar-refractivity contribution in [3.05, 3.63) is 65.5 Å². The standard InChI is InChI=1S/C18H19F2N3O/c19-15-3-1-4-16(20)14(15)8-11-22-18(24)23-12-2-5-17(23)13-6-9-21-10-7-13/h1,3-4,6-7,9-10,17H,2,5,8,11-12H2,(H,22,24)/t17-/m1/s1. The monoisotopic (exact) mass is 331 g/mol. The van der Waals surface area contributed by atoms with E-state index in [9.17, 15) is 13.6 Å². The summed E-state index contributed by atoms with van der Waals surface area (Å²) in [4.78, 5) is 18.2. The van der Waals surface area contributed by atoms with Gasteiger partial charge >= 0.3 is 6.03 Å². The first-order valence-electron chi connectivity index (χ1n) is 8.04. The Bertz CT molecular complexity index is 688. The molecule has 1 aromatic carbocycles. The summed E-state index contributed by atoms with van der Waals surface area (Å²) in [5.41, 5.74) is 1.06. The minimum absolute atomic E-state index is 0.00454. The van der Waals surface area contributed by atoms with Crippen molar-refractivity contribution < 1.29 is 13.6 Å². The Morgan fingerprint density at radius 1 is 1.21 bits per heavy atom. The van der Waals surface area contributed by atoms with Gasteiger partial charge in [-0.15, -0.1) is 0 Å². The summed E-state index contributed by atoms with van der Waals surface area (Å²) in [7, 11) is 0. The zero-order valence-electron chi connectivity index (χ0n) is 13.2. The Morgan fingerprint density at radius 3 is 2.62 bits per heavy atom. The van der Waals surface area contributed by atoms with Crippen LogP contribution in [0.25, 0.3) is 0 Å². The molecule has 0 saturated carbocycles. The van der Waals surface area contributed by atoms with Crippen LogP contribution in [0, 0.1) is 11.6 Å². The summed E-state index contributed by atoms with van der Waals surface area (Å²) in [5, 5.41) is 2.77. The van der Waals surface area contributed by atoms with Gasteiger partial charge in [-0.1, -0.05) is 6.07 Å². The molecule has 24 heavy (non-hydrogen) atoms. The van der Waals surface area contributed by atoms with Gasteiger partial charge in [0.05, 0.1) is 6.04 Å². The molecular formula is C18H19F2N3O. The Hall–Kier alpha value is -2.50.